The lowest BCUT2D eigenvalue weighted by Gasteiger charge is -2.35. The van der Waals surface area contributed by atoms with Crippen LogP contribution >= 0.6 is 0 Å². The third kappa shape index (κ3) is 3.58. The molecule has 0 fully saturated rings. The summed E-state index contributed by atoms with van der Waals surface area (Å²) >= 11 is 0. The Labute approximate surface area is 122 Å². The molecule has 0 spiro atoms. The van der Waals surface area contributed by atoms with Crippen molar-refractivity contribution >= 4 is 14.2 Å². The van der Waals surface area contributed by atoms with Crippen molar-refractivity contribution in [2.75, 3.05) is 7.05 Å². The van der Waals surface area contributed by atoms with Crippen LogP contribution in [-0.4, -0.2) is 31.9 Å². The Balaban J connectivity index is 1.94. The Morgan fingerprint density at radius 2 is 1.90 bits per heavy atom. The second-order valence-electron chi connectivity index (χ2n) is 6.31. The molecule has 0 amide bonds. The van der Waals surface area contributed by atoms with Gasteiger partial charge in [0.1, 0.15) is 14.0 Å². The largest absolute Gasteiger partial charge is 0.423 e. The van der Waals surface area contributed by atoms with Crippen LogP contribution in [0.25, 0.3) is 0 Å². The van der Waals surface area contributed by atoms with Gasteiger partial charge in [0.15, 0.2) is 0 Å². The highest BCUT2D eigenvalue weighted by Gasteiger charge is 2.31. The molecule has 1 unspecified atom stereocenters. The number of nitrogens with zero attached hydrogens (tertiary/aromatic N) is 1. The average Bonchev–Trinajstić information content (AvgIpc) is 2.87. The molecule has 0 heterocycles. The number of rotatable bonds is 4. The van der Waals surface area contributed by atoms with Gasteiger partial charge in [0.2, 0.25) is 0 Å². The van der Waals surface area contributed by atoms with E-state index in [-0.39, 0.29) is 5.97 Å². The number of esters is 1. The van der Waals surface area contributed by atoms with Crippen molar-refractivity contribution in [3.63, 3.8) is 0 Å². The molecular formula is C16H23NO2Si. The quantitative estimate of drug-likeness (QED) is 0.483. The standard InChI is InChI=1S/C16H23NO2Si/c1-17(20(2,3)4)14-11-10-13(12-14)16(18)19-15-8-6-5-7-9-15/h5-10,14H,11-12H2,1-4H3. The number of ether oxygens (including phenoxy) is 1. The molecule has 2 rings (SSSR count). The van der Waals surface area contributed by atoms with Gasteiger partial charge in [-0.2, -0.15) is 0 Å². The molecule has 108 valence electrons. The number of hydrogen-bond acceptors (Lipinski definition) is 3. The molecule has 20 heavy (non-hydrogen) atoms. The third-order valence-electron chi connectivity index (χ3n) is 3.91. The van der Waals surface area contributed by atoms with E-state index in [0.717, 1.165) is 18.4 Å². The summed E-state index contributed by atoms with van der Waals surface area (Å²) in [5.74, 6) is 0.406. The minimum Gasteiger partial charge on any atom is -0.423 e. The van der Waals surface area contributed by atoms with Gasteiger partial charge >= 0.3 is 5.97 Å². The number of carbonyl (C=O) groups excluding carboxylic acids is 1. The van der Waals surface area contributed by atoms with E-state index in [9.17, 15) is 4.79 Å². The Morgan fingerprint density at radius 3 is 2.50 bits per heavy atom. The van der Waals surface area contributed by atoms with Crippen LogP contribution in [-0.2, 0) is 4.79 Å². The van der Waals surface area contributed by atoms with E-state index in [0.29, 0.717) is 11.8 Å². The van der Waals surface area contributed by atoms with E-state index in [1.54, 1.807) is 12.1 Å². The predicted octanol–water partition coefficient (Wildman–Crippen LogP) is 3.45. The van der Waals surface area contributed by atoms with Crippen molar-refractivity contribution in [1.82, 2.24) is 4.57 Å². The molecular weight excluding hydrogens is 266 g/mol. The van der Waals surface area contributed by atoms with Crippen molar-refractivity contribution in [3.8, 4) is 5.75 Å². The fraction of sp³-hybridized carbons (Fsp3) is 0.438. The lowest BCUT2D eigenvalue weighted by atomic mass is 10.2. The van der Waals surface area contributed by atoms with Crippen LogP contribution in [0.3, 0.4) is 0 Å². The predicted molar refractivity (Wildman–Crippen MR) is 84.3 cm³/mol. The zero-order valence-corrected chi connectivity index (χ0v) is 13.7. The van der Waals surface area contributed by atoms with Gasteiger partial charge < -0.3 is 9.30 Å². The molecule has 1 aliphatic carbocycles. The van der Waals surface area contributed by atoms with Crippen molar-refractivity contribution in [2.45, 2.75) is 38.5 Å². The first-order valence-corrected chi connectivity index (χ1v) is 10.5. The minimum atomic E-state index is -1.32. The number of hydrogen-bond donors (Lipinski definition) is 0. The second-order valence-corrected chi connectivity index (χ2v) is 11.4. The Kier molecular flexibility index (Phi) is 4.45. The summed E-state index contributed by atoms with van der Waals surface area (Å²) < 4.78 is 7.86. The van der Waals surface area contributed by atoms with Crippen LogP contribution in [0.1, 0.15) is 12.8 Å². The fourth-order valence-electron chi connectivity index (χ4n) is 2.37. The highest BCUT2D eigenvalue weighted by molar-refractivity contribution is 6.73. The lowest BCUT2D eigenvalue weighted by molar-refractivity contribution is -0.130. The summed E-state index contributed by atoms with van der Waals surface area (Å²) in [5, 5.41) is 0. The van der Waals surface area contributed by atoms with E-state index in [4.69, 9.17) is 4.74 Å². The molecule has 1 aromatic carbocycles. The molecule has 1 aliphatic rings. The van der Waals surface area contributed by atoms with Crippen LogP contribution in [0.15, 0.2) is 42.0 Å². The monoisotopic (exact) mass is 289 g/mol. The molecule has 0 saturated heterocycles. The number of benzene rings is 1. The lowest BCUT2D eigenvalue weighted by Crippen LogP contribution is -2.48. The molecule has 0 N–H and O–H groups in total. The smallest absolute Gasteiger partial charge is 0.339 e. The highest BCUT2D eigenvalue weighted by Crippen LogP contribution is 2.27. The molecule has 0 radical (unpaired) electrons. The maximum absolute atomic E-state index is 12.1. The molecule has 1 aromatic rings. The molecule has 3 nitrogen and oxygen atoms in total. The van der Waals surface area contributed by atoms with Gasteiger partial charge in [-0.15, -0.1) is 0 Å². The SMILES string of the molecule is CN(C1CC=C(C(=O)Oc2ccccc2)C1)[Si](C)(C)C. The summed E-state index contributed by atoms with van der Waals surface area (Å²) in [6.07, 6.45) is 3.78. The molecule has 0 aromatic heterocycles. The van der Waals surface area contributed by atoms with Crippen LogP contribution in [0.4, 0.5) is 0 Å². The Morgan fingerprint density at radius 1 is 1.25 bits per heavy atom. The molecule has 0 aliphatic heterocycles. The van der Waals surface area contributed by atoms with Crippen LogP contribution < -0.4 is 4.74 Å². The molecule has 0 bridgehead atoms. The first kappa shape index (κ1) is 15.0. The number of para-hydroxylation sites is 1. The van der Waals surface area contributed by atoms with E-state index >= 15 is 0 Å². The second kappa shape index (κ2) is 5.93. The van der Waals surface area contributed by atoms with Crippen LogP contribution in [0, 0.1) is 0 Å². The Hall–Kier alpha value is -1.39. The van der Waals surface area contributed by atoms with Crippen molar-refractivity contribution in [1.29, 1.82) is 0 Å². The van der Waals surface area contributed by atoms with Crippen LogP contribution in [0.2, 0.25) is 19.6 Å². The first-order valence-electron chi connectivity index (χ1n) is 7.07. The summed E-state index contributed by atoms with van der Waals surface area (Å²) in [5.41, 5.74) is 0.809. The van der Waals surface area contributed by atoms with Gasteiger partial charge in [-0.05, 0) is 32.0 Å². The van der Waals surface area contributed by atoms with Crippen LogP contribution in [0.5, 0.6) is 5.75 Å². The first-order chi connectivity index (χ1) is 9.38. The molecule has 0 saturated carbocycles. The highest BCUT2D eigenvalue weighted by atomic mass is 28.3. The topological polar surface area (TPSA) is 29.5 Å². The molecule has 4 heteroatoms. The van der Waals surface area contributed by atoms with Gasteiger partial charge in [0, 0.05) is 11.6 Å². The van der Waals surface area contributed by atoms with Gasteiger partial charge in [-0.1, -0.05) is 43.9 Å². The van der Waals surface area contributed by atoms with Crippen molar-refractivity contribution in [2.24, 2.45) is 0 Å². The fourth-order valence-corrected chi connectivity index (χ4v) is 3.66. The summed E-state index contributed by atoms with van der Waals surface area (Å²) in [7, 11) is 0.861. The summed E-state index contributed by atoms with van der Waals surface area (Å²) in [6, 6.07) is 9.70. The zero-order chi connectivity index (χ0) is 14.8. The normalized spacial score (nSPS) is 19.1. The molecule has 1 atom stereocenters. The van der Waals surface area contributed by atoms with Crippen molar-refractivity contribution < 1.29 is 9.53 Å². The van der Waals surface area contributed by atoms with E-state index in [1.165, 1.54) is 0 Å². The van der Waals surface area contributed by atoms with Gasteiger partial charge in [0.25, 0.3) is 0 Å². The van der Waals surface area contributed by atoms with Crippen molar-refractivity contribution in [3.05, 3.63) is 42.0 Å². The Bertz CT molecular complexity index is 505. The van der Waals surface area contributed by atoms with E-state index in [2.05, 4.69) is 31.3 Å². The minimum absolute atomic E-state index is 0.206. The average molecular weight is 289 g/mol. The number of carbonyl (C=O) groups is 1. The summed E-state index contributed by atoms with van der Waals surface area (Å²) in [4.78, 5) is 12.1. The maximum Gasteiger partial charge on any atom is 0.339 e. The van der Waals surface area contributed by atoms with E-state index < -0.39 is 8.24 Å². The van der Waals surface area contributed by atoms with Gasteiger partial charge in [-0.3, -0.25) is 0 Å². The zero-order valence-electron chi connectivity index (χ0n) is 12.7. The summed E-state index contributed by atoms with van der Waals surface area (Å²) in [6.45, 7) is 6.98. The van der Waals surface area contributed by atoms with Gasteiger partial charge in [-0.25, -0.2) is 4.79 Å². The van der Waals surface area contributed by atoms with Gasteiger partial charge in [0.05, 0.1) is 0 Å². The van der Waals surface area contributed by atoms with E-state index in [1.807, 2.05) is 24.3 Å². The maximum atomic E-state index is 12.1. The third-order valence-corrected chi connectivity index (χ3v) is 6.40.